The highest BCUT2D eigenvalue weighted by Gasteiger charge is 2.47. The Morgan fingerprint density at radius 2 is 1.68 bits per heavy atom. The highest BCUT2D eigenvalue weighted by Crippen LogP contribution is 2.57. The van der Waals surface area contributed by atoms with E-state index in [9.17, 15) is 0 Å². The van der Waals surface area contributed by atoms with Crippen LogP contribution in [0.25, 0.3) is 0 Å². The number of nitrogens with one attached hydrogen (secondary N) is 1. The van der Waals surface area contributed by atoms with Crippen molar-refractivity contribution in [1.82, 2.24) is 10.2 Å². The lowest BCUT2D eigenvalue weighted by molar-refractivity contribution is -0.0427. The Morgan fingerprint density at radius 3 is 2.26 bits per heavy atom. The van der Waals surface area contributed by atoms with Crippen LogP contribution in [0, 0.1) is 29.6 Å². The maximum absolute atomic E-state index is 3.50. The summed E-state index contributed by atoms with van der Waals surface area (Å²) >= 11 is 0. The van der Waals surface area contributed by atoms with Crippen molar-refractivity contribution in [3.05, 3.63) is 0 Å². The second-order valence-corrected chi connectivity index (χ2v) is 8.01. The summed E-state index contributed by atoms with van der Waals surface area (Å²) < 4.78 is 0. The fraction of sp³-hybridized carbons (Fsp3) is 1.00. The molecule has 4 aliphatic carbocycles. The molecule has 0 radical (unpaired) electrons. The molecule has 5 rings (SSSR count). The molecule has 108 valence electrons. The van der Waals surface area contributed by atoms with E-state index in [1.807, 2.05) is 0 Å². The summed E-state index contributed by atoms with van der Waals surface area (Å²) in [6.45, 7) is 3.80. The van der Waals surface area contributed by atoms with Crippen molar-refractivity contribution in [1.29, 1.82) is 0 Å². The minimum atomic E-state index is 0.817. The van der Waals surface area contributed by atoms with Crippen LogP contribution in [0.1, 0.15) is 44.9 Å². The second-order valence-electron chi connectivity index (χ2n) is 8.01. The van der Waals surface area contributed by atoms with Crippen molar-refractivity contribution in [2.75, 3.05) is 26.7 Å². The maximum atomic E-state index is 3.50. The highest BCUT2D eigenvalue weighted by atomic mass is 15.2. The van der Waals surface area contributed by atoms with Crippen LogP contribution in [0.5, 0.6) is 0 Å². The highest BCUT2D eigenvalue weighted by molar-refractivity contribution is 4.98. The molecule has 2 heteroatoms. The number of rotatable bonds is 4. The first-order valence-electron chi connectivity index (χ1n) is 8.70. The Kier molecular flexibility index (Phi) is 3.35. The lowest BCUT2D eigenvalue weighted by atomic mass is 9.51. The Balaban J connectivity index is 1.33. The standard InChI is InChI=1S/C17H30N2/c1-19(16-2-4-18-11-16)5-3-17-14-7-12-6-13(9-14)10-15(17)8-12/h12-18H,2-11H2,1H3. The molecule has 2 nitrogen and oxygen atoms in total. The van der Waals surface area contributed by atoms with Crippen molar-refractivity contribution in [2.24, 2.45) is 29.6 Å². The molecule has 4 bridgehead atoms. The lowest BCUT2D eigenvalue weighted by Gasteiger charge is -2.55. The van der Waals surface area contributed by atoms with Gasteiger partial charge in [-0.15, -0.1) is 0 Å². The van der Waals surface area contributed by atoms with E-state index < -0.39 is 0 Å². The predicted octanol–water partition coefficient (Wildman–Crippen LogP) is 2.74. The van der Waals surface area contributed by atoms with Gasteiger partial charge in [0.25, 0.3) is 0 Å². The summed E-state index contributed by atoms with van der Waals surface area (Å²) in [6, 6.07) is 0.817. The van der Waals surface area contributed by atoms with Gasteiger partial charge in [0.05, 0.1) is 0 Å². The summed E-state index contributed by atoms with van der Waals surface area (Å²) in [5.41, 5.74) is 0. The minimum Gasteiger partial charge on any atom is -0.315 e. The molecule has 19 heavy (non-hydrogen) atoms. The summed E-state index contributed by atoms with van der Waals surface area (Å²) in [4.78, 5) is 2.64. The van der Waals surface area contributed by atoms with Gasteiger partial charge in [0.1, 0.15) is 0 Å². The van der Waals surface area contributed by atoms with E-state index >= 15 is 0 Å². The second kappa shape index (κ2) is 5.04. The van der Waals surface area contributed by atoms with Gasteiger partial charge in [0, 0.05) is 12.6 Å². The fourth-order valence-corrected chi connectivity index (χ4v) is 6.06. The first-order chi connectivity index (χ1) is 9.29. The monoisotopic (exact) mass is 262 g/mol. The molecular weight excluding hydrogens is 232 g/mol. The van der Waals surface area contributed by atoms with Crippen LogP contribution in [0.3, 0.4) is 0 Å². The van der Waals surface area contributed by atoms with Crippen molar-refractivity contribution in [3.8, 4) is 0 Å². The van der Waals surface area contributed by atoms with Gasteiger partial charge in [0.2, 0.25) is 0 Å². The first kappa shape index (κ1) is 12.6. The smallest absolute Gasteiger partial charge is 0.0229 e. The van der Waals surface area contributed by atoms with Crippen LogP contribution in [0.4, 0.5) is 0 Å². The van der Waals surface area contributed by atoms with E-state index in [1.54, 1.807) is 32.1 Å². The summed E-state index contributed by atoms with van der Waals surface area (Å²) in [5.74, 6) is 5.59. The van der Waals surface area contributed by atoms with E-state index in [0.29, 0.717) is 0 Å². The van der Waals surface area contributed by atoms with Crippen molar-refractivity contribution in [3.63, 3.8) is 0 Å². The van der Waals surface area contributed by atoms with E-state index in [1.165, 1.54) is 32.5 Å². The number of likely N-dealkylation sites (N-methyl/N-ethyl adjacent to an activating group) is 1. The molecule has 0 amide bonds. The molecule has 1 unspecified atom stereocenters. The number of hydrogen-bond donors (Lipinski definition) is 1. The normalized spacial score (nSPS) is 48.3. The molecule has 0 aromatic heterocycles. The molecule has 0 spiro atoms. The van der Waals surface area contributed by atoms with Crippen LogP contribution in [0.2, 0.25) is 0 Å². The average molecular weight is 262 g/mol. The number of nitrogens with zero attached hydrogens (tertiary/aromatic N) is 1. The third-order valence-corrected chi connectivity index (χ3v) is 6.89. The zero-order valence-electron chi connectivity index (χ0n) is 12.5. The predicted molar refractivity (Wildman–Crippen MR) is 79.1 cm³/mol. The van der Waals surface area contributed by atoms with Crippen LogP contribution in [-0.2, 0) is 0 Å². The quantitative estimate of drug-likeness (QED) is 0.838. The van der Waals surface area contributed by atoms with E-state index in [0.717, 1.165) is 35.6 Å². The summed E-state index contributed by atoms with van der Waals surface area (Å²) in [7, 11) is 2.35. The van der Waals surface area contributed by atoms with E-state index in [4.69, 9.17) is 0 Å². The molecule has 0 aromatic rings. The molecular formula is C17H30N2. The summed E-state index contributed by atoms with van der Waals surface area (Å²) in [5, 5.41) is 3.50. The molecule has 5 fully saturated rings. The average Bonchev–Trinajstić information content (AvgIpc) is 2.90. The van der Waals surface area contributed by atoms with Crippen molar-refractivity contribution >= 4 is 0 Å². The van der Waals surface area contributed by atoms with Crippen molar-refractivity contribution < 1.29 is 0 Å². The fourth-order valence-electron chi connectivity index (χ4n) is 6.06. The molecule has 4 saturated carbocycles. The van der Waals surface area contributed by atoms with Gasteiger partial charge >= 0.3 is 0 Å². The van der Waals surface area contributed by atoms with Gasteiger partial charge in [-0.2, -0.15) is 0 Å². The van der Waals surface area contributed by atoms with Gasteiger partial charge in [-0.3, -0.25) is 0 Å². The Morgan fingerprint density at radius 1 is 1.00 bits per heavy atom. The van der Waals surface area contributed by atoms with Gasteiger partial charge in [0.15, 0.2) is 0 Å². The van der Waals surface area contributed by atoms with Gasteiger partial charge in [-0.05, 0) is 94.7 Å². The van der Waals surface area contributed by atoms with Gasteiger partial charge in [-0.25, -0.2) is 0 Å². The molecule has 0 aromatic carbocycles. The Labute approximate surface area is 118 Å². The largest absolute Gasteiger partial charge is 0.315 e. The summed E-state index contributed by atoms with van der Waals surface area (Å²) in [6.07, 6.45) is 10.8. The SMILES string of the molecule is CN(CCC1C2CC3CC(C2)CC1C3)C1CCNC1. The molecule has 1 saturated heterocycles. The third kappa shape index (κ3) is 2.35. The Hall–Kier alpha value is -0.0800. The van der Waals surface area contributed by atoms with Crippen LogP contribution in [0.15, 0.2) is 0 Å². The lowest BCUT2D eigenvalue weighted by Crippen LogP contribution is -2.46. The molecule has 1 N–H and O–H groups in total. The molecule has 1 aliphatic heterocycles. The van der Waals surface area contributed by atoms with Crippen LogP contribution in [-0.4, -0.2) is 37.6 Å². The van der Waals surface area contributed by atoms with Crippen molar-refractivity contribution in [2.45, 2.75) is 51.0 Å². The number of hydrogen-bond acceptors (Lipinski definition) is 2. The van der Waals surface area contributed by atoms with Gasteiger partial charge < -0.3 is 10.2 Å². The zero-order valence-corrected chi connectivity index (χ0v) is 12.5. The topological polar surface area (TPSA) is 15.3 Å². The third-order valence-electron chi connectivity index (χ3n) is 6.89. The van der Waals surface area contributed by atoms with Crippen LogP contribution < -0.4 is 5.32 Å². The zero-order chi connectivity index (χ0) is 12.8. The molecule has 1 heterocycles. The first-order valence-corrected chi connectivity index (χ1v) is 8.70. The molecule has 1 atom stereocenters. The van der Waals surface area contributed by atoms with Crippen LogP contribution >= 0.6 is 0 Å². The van der Waals surface area contributed by atoms with E-state index in [2.05, 4.69) is 17.3 Å². The maximum Gasteiger partial charge on any atom is 0.0229 e. The minimum absolute atomic E-state index is 0.817. The van der Waals surface area contributed by atoms with E-state index in [-0.39, 0.29) is 0 Å². The van der Waals surface area contributed by atoms with Gasteiger partial charge in [-0.1, -0.05) is 0 Å². The Bertz CT molecular complexity index is 293. The molecule has 5 aliphatic rings.